The average molecular weight is 438 g/mol. The molecule has 3 rings (SSSR count). The predicted molar refractivity (Wildman–Crippen MR) is 109 cm³/mol. The fourth-order valence-corrected chi connectivity index (χ4v) is 3.43. The minimum Gasteiger partial charge on any atom is -0.493 e. The zero-order chi connectivity index (χ0) is 22.6. The van der Waals surface area contributed by atoms with Crippen LogP contribution >= 0.6 is 0 Å². The van der Waals surface area contributed by atoms with E-state index in [-0.39, 0.29) is 17.8 Å². The molecule has 0 saturated carbocycles. The Labute approximate surface area is 178 Å². The first-order valence-electron chi connectivity index (χ1n) is 9.79. The van der Waals surface area contributed by atoms with Crippen LogP contribution in [0.4, 0.5) is 18.0 Å². The van der Waals surface area contributed by atoms with E-state index in [1.54, 1.807) is 31.3 Å². The highest BCUT2D eigenvalue weighted by molar-refractivity contribution is 5.75. The van der Waals surface area contributed by atoms with E-state index in [0.29, 0.717) is 31.0 Å². The number of urea groups is 1. The number of benzene rings is 2. The maximum absolute atomic E-state index is 12.8. The molecule has 0 radical (unpaired) electrons. The van der Waals surface area contributed by atoms with Gasteiger partial charge in [0.05, 0.1) is 20.3 Å². The summed E-state index contributed by atoms with van der Waals surface area (Å²) in [6.45, 7) is 1.48. The molecule has 1 aliphatic heterocycles. The van der Waals surface area contributed by atoms with Crippen LogP contribution in [0.15, 0.2) is 36.4 Å². The number of amides is 2. The maximum Gasteiger partial charge on any atom is 0.422 e. The van der Waals surface area contributed by atoms with E-state index in [0.717, 1.165) is 16.7 Å². The largest absolute Gasteiger partial charge is 0.493 e. The summed E-state index contributed by atoms with van der Waals surface area (Å²) in [6.07, 6.45) is -3.69. The molecule has 0 aliphatic carbocycles. The van der Waals surface area contributed by atoms with Crippen LogP contribution in [-0.4, -0.2) is 44.5 Å². The van der Waals surface area contributed by atoms with Crippen molar-refractivity contribution >= 4 is 6.03 Å². The number of methoxy groups -OCH3 is 2. The van der Waals surface area contributed by atoms with Gasteiger partial charge in [0.25, 0.3) is 0 Å². The first-order chi connectivity index (χ1) is 14.7. The van der Waals surface area contributed by atoms with Crippen molar-refractivity contribution in [1.82, 2.24) is 10.2 Å². The highest BCUT2D eigenvalue weighted by Crippen LogP contribution is 2.33. The summed E-state index contributed by atoms with van der Waals surface area (Å²) in [5, 5.41) is 2.93. The Morgan fingerprint density at radius 3 is 2.29 bits per heavy atom. The van der Waals surface area contributed by atoms with Crippen molar-refractivity contribution in [3.05, 3.63) is 53.1 Å². The van der Waals surface area contributed by atoms with Crippen LogP contribution in [0.3, 0.4) is 0 Å². The number of carbonyl (C=O) groups excluding carboxylic acids is 1. The number of carbonyl (C=O) groups is 1. The Bertz CT molecular complexity index is 916. The normalized spacial score (nSPS) is 14.5. The molecule has 2 amide bonds. The Balaban J connectivity index is 1.60. The van der Waals surface area contributed by atoms with E-state index >= 15 is 0 Å². The highest BCUT2D eigenvalue weighted by atomic mass is 19.4. The van der Waals surface area contributed by atoms with Crippen molar-refractivity contribution in [2.75, 3.05) is 27.4 Å². The number of nitrogens with one attached hydrogen (secondary N) is 1. The number of halogens is 3. The smallest absolute Gasteiger partial charge is 0.422 e. The van der Waals surface area contributed by atoms with E-state index in [9.17, 15) is 18.0 Å². The minimum absolute atomic E-state index is 0.122. The van der Waals surface area contributed by atoms with Gasteiger partial charge in [-0.25, -0.2) is 4.79 Å². The van der Waals surface area contributed by atoms with Crippen LogP contribution < -0.4 is 19.5 Å². The Kier molecular flexibility index (Phi) is 6.82. The van der Waals surface area contributed by atoms with Crippen molar-refractivity contribution < 1.29 is 32.2 Å². The first kappa shape index (κ1) is 22.6. The number of alkyl halides is 3. The fourth-order valence-electron chi connectivity index (χ4n) is 3.43. The molecule has 1 unspecified atom stereocenters. The average Bonchev–Trinajstić information content (AvgIpc) is 2.76. The zero-order valence-corrected chi connectivity index (χ0v) is 17.6. The number of hydrogen-bond acceptors (Lipinski definition) is 4. The predicted octanol–water partition coefficient (Wildman–Crippen LogP) is 4.47. The summed E-state index contributed by atoms with van der Waals surface area (Å²) in [5.74, 6) is 1.40. The van der Waals surface area contributed by atoms with Gasteiger partial charge in [-0.2, -0.15) is 13.2 Å². The van der Waals surface area contributed by atoms with Gasteiger partial charge in [0, 0.05) is 13.1 Å². The molecule has 0 fully saturated rings. The molecule has 1 aliphatic rings. The molecular formula is C22H25F3N2O4. The second kappa shape index (κ2) is 9.36. The monoisotopic (exact) mass is 438 g/mol. The molecule has 2 aromatic carbocycles. The lowest BCUT2D eigenvalue weighted by Gasteiger charge is -2.31. The zero-order valence-electron chi connectivity index (χ0n) is 17.6. The van der Waals surface area contributed by atoms with Crippen LogP contribution in [0.2, 0.25) is 0 Å². The van der Waals surface area contributed by atoms with Gasteiger partial charge in [0.2, 0.25) is 0 Å². The van der Waals surface area contributed by atoms with E-state index in [1.807, 2.05) is 19.1 Å². The quantitative estimate of drug-likeness (QED) is 0.723. The third-order valence-corrected chi connectivity index (χ3v) is 5.13. The van der Waals surface area contributed by atoms with Gasteiger partial charge in [-0.05, 0) is 54.3 Å². The number of rotatable bonds is 6. The van der Waals surface area contributed by atoms with Crippen molar-refractivity contribution in [2.24, 2.45) is 0 Å². The second-order valence-electron chi connectivity index (χ2n) is 7.29. The lowest BCUT2D eigenvalue weighted by molar-refractivity contribution is -0.153. The number of fused-ring (bicyclic) bond motifs is 1. The molecular weight excluding hydrogens is 413 g/mol. The molecule has 31 heavy (non-hydrogen) atoms. The van der Waals surface area contributed by atoms with Gasteiger partial charge in [-0.3, -0.25) is 0 Å². The fraction of sp³-hybridized carbons (Fsp3) is 0.409. The SMILES string of the molecule is COc1cc2c(cc1OC)CN(C(=O)NC(C)c1ccc(OCC(F)(F)F)cc1)CC2. The van der Waals surface area contributed by atoms with Crippen LogP contribution in [0.25, 0.3) is 0 Å². The molecule has 2 aromatic rings. The molecule has 168 valence electrons. The van der Waals surface area contributed by atoms with Crippen molar-refractivity contribution in [2.45, 2.75) is 32.1 Å². The topological polar surface area (TPSA) is 60.0 Å². The Morgan fingerprint density at radius 2 is 1.71 bits per heavy atom. The number of hydrogen-bond donors (Lipinski definition) is 1. The minimum atomic E-state index is -4.39. The highest BCUT2D eigenvalue weighted by Gasteiger charge is 2.28. The summed E-state index contributed by atoms with van der Waals surface area (Å²) in [6, 6.07) is 9.48. The summed E-state index contributed by atoms with van der Waals surface area (Å²) in [7, 11) is 3.15. The molecule has 0 saturated heterocycles. The molecule has 6 nitrogen and oxygen atoms in total. The van der Waals surface area contributed by atoms with Gasteiger partial charge < -0.3 is 24.4 Å². The summed E-state index contributed by atoms with van der Waals surface area (Å²) in [4.78, 5) is 14.5. The van der Waals surface area contributed by atoms with Crippen LogP contribution in [-0.2, 0) is 13.0 Å². The van der Waals surface area contributed by atoms with Gasteiger partial charge >= 0.3 is 12.2 Å². The molecule has 1 atom stereocenters. The maximum atomic E-state index is 12.8. The lowest BCUT2D eigenvalue weighted by Crippen LogP contribution is -2.43. The Morgan fingerprint density at radius 1 is 1.10 bits per heavy atom. The molecule has 9 heteroatoms. The van der Waals surface area contributed by atoms with Crippen LogP contribution in [0.1, 0.15) is 29.7 Å². The standard InChI is InChI=1S/C22H25F3N2O4/c1-14(15-4-6-18(7-5-15)31-13-22(23,24)25)26-21(28)27-9-8-16-10-19(29-2)20(30-3)11-17(16)12-27/h4-7,10-11,14H,8-9,12-13H2,1-3H3,(H,26,28). The summed E-state index contributed by atoms with van der Waals surface area (Å²) >= 11 is 0. The number of nitrogens with zero attached hydrogens (tertiary/aromatic N) is 1. The van der Waals surface area contributed by atoms with E-state index in [2.05, 4.69) is 5.32 Å². The van der Waals surface area contributed by atoms with Gasteiger partial charge in [-0.1, -0.05) is 12.1 Å². The molecule has 0 spiro atoms. The van der Waals surface area contributed by atoms with E-state index < -0.39 is 12.8 Å². The summed E-state index contributed by atoms with van der Waals surface area (Å²) < 4.78 is 52.2. The van der Waals surface area contributed by atoms with Crippen LogP contribution in [0, 0.1) is 0 Å². The van der Waals surface area contributed by atoms with Crippen molar-refractivity contribution in [3.63, 3.8) is 0 Å². The van der Waals surface area contributed by atoms with E-state index in [4.69, 9.17) is 14.2 Å². The van der Waals surface area contributed by atoms with E-state index in [1.165, 1.54) is 12.1 Å². The summed E-state index contributed by atoms with van der Waals surface area (Å²) in [5.41, 5.74) is 2.87. The van der Waals surface area contributed by atoms with Gasteiger partial charge in [0.15, 0.2) is 18.1 Å². The third kappa shape index (κ3) is 5.74. The number of ether oxygens (including phenoxy) is 3. The third-order valence-electron chi connectivity index (χ3n) is 5.13. The first-order valence-corrected chi connectivity index (χ1v) is 9.79. The molecule has 1 heterocycles. The van der Waals surface area contributed by atoms with Crippen molar-refractivity contribution in [3.8, 4) is 17.2 Å². The van der Waals surface area contributed by atoms with Crippen LogP contribution in [0.5, 0.6) is 17.2 Å². The second-order valence-corrected chi connectivity index (χ2v) is 7.29. The molecule has 1 N–H and O–H groups in total. The van der Waals surface area contributed by atoms with Gasteiger partial charge in [-0.15, -0.1) is 0 Å². The van der Waals surface area contributed by atoms with Crippen molar-refractivity contribution in [1.29, 1.82) is 0 Å². The molecule has 0 bridgehead atoms. The molecule has 0 aromatic heterocycles. The lowest BCUT2D eigenvalue weighted by atomic mass is 9.99. The Hall–Kier alpha value is -3.10. The van der Waals surface area contributed by atoms with Gasteiger partial charge in [0.1, 0.15) is 5.75 Å².